The predicted octanol–water partition coefficient (Wildman–Crippen LogP) is 2.51. The third-order valence-corrected chi connectivity index (χ3v) is 5.00. The molecular formula is C18H22N4O. The van der Waals surface area contributed by atoms with Gasteiger partial charge in [0.05, 0.1) is 17.2 Å². The lowest BCUT2D eigenvalue weighted by atomic mass is 9.84. The fraction of sp³-hybridized carbons (Fsp3) is 0.500. The molecule has 2 fully saturated rings. The second kappa shape index (κ2) is 6.14. The Morgan fingerprint density at radius 1 is 1.13 bits per heavy atom. The molecule has 1 aliphatic carbocycles. The lowest BCUT2D eigenvalue weighted by Gasteiger charge is -2.35. The van der Waals surface area contributed by atoms with Gasteiger partial charge in [-0.05, 0) is 37.8 Å². The molecule has 1 aliphatic heterocycles. The first-order chi connectivity index (χ1) is 11.3. The van der Waals surface area contributed by atoms with Gasteiger partial charge in [0.1, 0.15) is 5.82 Å². The van der Waals surface area contributed by atoms with Gasteiger partial charge in [-0.2, -0.15) is 0 Å². The van der Waals surface area contributed by atoms with Crippen LogP contribution in [0, 0.1) is 5.92 Å². The zero-order chi connectivity index (χ0) is 15.6. The van der Waals surface area contributed by atoms with Crippen molar-refractivity contribution >= 4 is 22.8 Å². The van der Waals surface area contributed by atoms with Crippen LogP contribution in [-0.2, 0) is 4.79 Å². The molecule has 2 aromatic rings. The lowest BCUT2D eigenvalue weighted by molar-refractivity contribution is -0.128. The standard InChI is InChI=1S/C18H22N4O/c23-18(13-5-3-6-13)20-14-7-4-10-22(12-14)17-11-19-15-8-1-2-9-16(15)21-17/h1-2,8-9,11,13-14H,3-7,10,12H2,(H,20,23). The maximum atomic E-state index is 12.2. The second-order valence-electron chi connectivity index (χ2n) is 6.64. The number of hydrogen-bond acceptors (Lipinski definition) is 4. The monoisotopic (exact) mass is 310 g/mol. The Morgan fingerprint density at radius 3 is 2.74 bits per heavy atom. The van der Waals surface area contributed by atoms with Crippen molar-refractivity contribution in [2.45, 2.75) is 38.1 Å². The van der Waals surface area contributed by atoms with Crippen LogP contribution in [0.25, 0.3) is 11.0 Å². The minimum Gasteiger partial charge on any atom is -0.353 e. The molecule has 2 heterocycles. The van der Waals surface area contributed by atoms with E-state index >= 15 is 0 Å². The van der Waals surface area contributed by atoms with E-state index in [-0.39, 0.29) is 17.9 Å². The van der Waals surface area contributed by atoms with Gasteiger partial charge in [-0.1, -0.05) is 18.6 Å². The van der Waals surface area contributed by atoms with Gasteiger partial charge >= 0.3 is 0 Å². The van der Waals surface area contributed by atoms with E-state index in [0.717, 1.165) is 55.6 Å². The minimum atomic E-state index is 0.227. The minimum absolute atomic E-state index is 0.227. The zero-order valence-corrected chi connectivity index (χ0v) is 13.2. The Kier molecular flexibility index (Phi) is 3.85. The second-order valence-corrected chi connectivity index (χ2v) is 6.64. The summed E-state index contributed by atoms with van der Waals surface area (Å²) in [6, 6.07) is 8.16. The van der Waals surface area contributed by atoms with Crippen LogP contribution in [0.2, 0.25) is 0 Å². The number of hydrogen-bond donors (Lipinski definition) is 1. The maximum absolute atomic E-state index is 12.2. The topological polar surface area (TPSA) is 58.1 Å². The Labute approximate surface area is 136 Å². The van der Waals surface area contributed by atoms with Crippen LogP contribution in [0.5, 0.6) is 0 Å². The molecule has 1 unspecified atom stereocenters. The Balaban J connectivity index is 1.46. The maximum Gasteiger partial charge on any atom is 0.223 e. The number of benzene rings is 1. The third kappa shape index (κ3) is 3.00. The number of nitrogens with zero attached hydrogens (tertiary/aromatic N) is 3. The van der Waals surface area contributed by atoms with Gasteiger partial charge in [-0.15, -0.1) is 0 Å². The fourth-order valence-electron chi connectivity index (χ4n) is 3.39. The average Bonchev–Trinajstić information content (AvgIpc) is 2.53. The number of piperidine rings is 1. The van der Waals surface area contributed by atoms with Crippen LogP contribution in [0.3, 0.4) is 0 Å². The molecule has 1 aromatic carbocycles. The van der Waals surface area contributed by atoms with E-state index in [1.807, 2.05) is 30.5 Å². The molecule has 4 rings (SSSR count). The molecule has 1 atom stereocenters. The summed E-state index contributed by atoms with van der Waals surface area (Å²) >= 11 is 0. The van der Waals surface area contributed by atoms with Crippen LogP contribution >= 0.6 is 0 Å². The Hall–Kier alpha value is -2.17. The first-order valence-corrected chi connectivity index (χ1v) is 8.57. The summed E-state index contributed by atoms with van der Waals surface area (Å²) in [5.41, 5.74) is 1.84. The largest absolute Gasteiger partial charge is 0.353 e. The molecule has 1 N–H and O–H groups in total. The van der Waals surface area contributed by atoms with Gasteiger partial charge in [0, 0.05) is 25.0 Å². The number of aromatic nitrogens is 2. The number of carbonyl (C=O) groups excluding carboxylic acids is 1. The van der Waals surface area contributed by atoms with Crippen molar-refractivity contribution in [1.29, 1.82) is 0 Å². The highest BCUT2D eigenvalue weighted by Crippen LogP contribution is 2.27. The first-order valence-electron chi connectivity index (χ1n) is 8.57. The number of rotatable bonds is 3. The first kappa shape index (κ1) is 14.4. The highest BCUT2D eigenvalue weighted by Gasteiger charge is 2.29. The van der Waals surface area contributed by atoms with E-state index in [1.165, 1.54) is 6.42 Å². The predicted molar refractivity (Wildman–Crippen MR) is 90.3 cm³/mol. The third-order valence-electron chi connectivity index (χ3n) is 5.00. The van der Waals surface area contributed by atoms with Crippen molar-refractivity contribution in [1.82, 2.24) is 15.3 Å². The van der Waals surface area contributed by atoms with E-state index < -0.39 is 0 Å². The van der Waals surface area contributed by atoms with Gasteiger partial charge in [0.2, 0.25) is 5.91 Å². The molecular weight excluding hydrogens is 288 g/mol. The SMILES string of the molecule is O=C(NC1CCCN(c2cnc3ccccc3n2)C1)C1CCC1. The molecule has 5 heteroatoms. The number of anilines is 1. The molecule has 0 radical (unpaired) electrons. The summed E-state index contributed by atoms with van der Waals surface area (Å²) in [5.74, 6) is 1.41. The molecule has 1 aromatic heterocycles. The van der Waals surface area contributed by atoms with Crippen molar-refractivity contribution in [3.05, 3.63) is 30.5 Å². The summed E-state index contributed by atoms with van der Waals surface area (Å²) in [5, 5.41) is 3.23. The normalized spacial score (nSPS) is 21.9. The molecule has 2 aliphatic rings. The smallest absolute Gasteiger partial charge is 0.223 e. The molecule has 0 bridgehead atoms. The number of carbonyl (C=O) groups is 1. The van der Waals surface area contributed by atoms with E-state index in [9.17, 15) is 4.79 Å². The van der Waals surface area contributed by atoms with Crippen molar-refractivity contribution in [2.75, 3.05) is 18.0 Å². The lowest BCUT2D eigenvalue weighted by Crippen LogP contribution is -2.50. The highest BCUT2D eigenvalue weighted by molar-refractivity contribution is 5.79. The number of nitrogens with one attached hydrogen (secondary N) is 1. The van der Waals surface area contributed by atoms with Gasteiger partial charge < -0.3 is 10.2 Å². The number of amides is 1. The van der Waals surface area contributed by atoms with Crippen molar-refractivity contribution in [3.8, 4) is 0 Å². The molecule has 1 saturated heterocycles. The van der Waals surface area contributed by atoms with Gasteiger partial charge in [0.15, 0.2) is 0 Å². The molecule has 120 valence electrons. The number of para-hydroxylation sites is 2. The van der Waals surface area contributed by atoms with Crippen LogP contribution in [-0.4, -0.2) is 35.0 Å². The summed E-state index contributed by atoms with van der Waals surface area (Å²) in [7, 11) is 0. The summed E-state index contributed by atoms with van der Waals surface area (Å²) in [6.07, 6.45) is 7.27. The Morgan fingerprint density at radius 2 is 1.96 bits per heavy atom. The quantitative estimate of drug-likeness (QED) is 0.946. The highest BCUT2D eigenvalue weighted by atomic mass is 16.2. The van der Waals surface area contributed by atoms with Crippen LogP contribution in [0.4, 0.5) is 5.82 Å². The van der Waals surface area contributed by atoms with Crippen LogP contribution in [0.15, 0.2) is 30.5 Å². The molecule has 1 amide bonds. The van der Waals surface area contributed by atoms with Gasteiger partial charge in [-0.3, -0.25) is 9.78 Å². The summed E-state index contributed by atoms with van der Waals surface area (Å²) in [6.45, 7) is 1.80. The zero-order valence-electron chi connectivity index (χ0n) is 13.2. The summed E-state index contributed by atoms with van der Waals surface area (Å²) in [4.78, 5) is 23.6. The molecule has 23 heavy (non-hydrogen) atoms. The van der Waals surface area contributed by atoms with Crippen LogP contribution in [0.1, 0.15) is 32.1 Å². The number of fused-ring (bicyclic) bond motifs is 1. The van der Waals surface area contributed by atoms with E-state index in [2.05, 4.69) is 15.2 Å². The van der Waals surface area contributed by atoms with E-state index in [0.29, 0.717) is 0 Å². The van der Waals surface area contributed by atoms with E-state index in [4.69, 9.17) is 4.98 Å². The summed E-state index contributed by atoms with van der Waals surface area (Å²) < 4.78 is 0. The van der Waals surface area contributed by atoms with Crippen molar-refractivity contribution < 1.29 is 4.79 Å². The molecule has 5 nitrogen and oxygen atoms in total. The molecule has 0 spiro atoms. The van der Waals surface area contributed by atoms with Gasteiger partial charge in [0.25, 0.3) is 0 Å². The Bertz CT molecular complexity index is 713. The molecule has 1 saturated carbocycles. The van der Waals surface area contributed by atoms with Gasteiger partial charge in [-0.25, -0.2) is 4.98 Å². The van der Waals surface area contributed by atoms with E-state index in [1.54, 1.807) is 0 Å². The fourth-order valence-corrected chi connectivity index (χ4v) is 3.39. The van der Waals surface area contributed by atoms with Crippen molar-refractivity contribution in [2.24, 2.45) is 5.92 Å². The average molecular weight is 310 g/mol. The van der Waals surface area contributed by atoms with Crippen LogP contribution < -0.4 is 10.2 Å². The van der Waals surface area contributed by atoms with Crippen molar-refractivity contribution in [3.63, 3.8) is 0 Å².